The van der Waals surface area contributed by atoms with Crippen LogP contribution in [-0.2, 0) is 0 Å². The van der Waals surface area contributed by atoms with Crippen molar-refractivity contribution in [1.82, 2.24) is 9.55 Å². The highest BCUT2D eigenvalue weighted by atomic mass is 16.2. The van der Waals surface area contributed by atoms with Gasteiger partial charge in [-0.25, -0.2) is 4.98 Å². The van der Waals surface area contributed by atoms with Crippen LogP contribution in [0.5, 0.6) is 0 Å². The number of amides is 1. The molecule has 0 saturated heterocycles. The van der Waals surface area contributed by atoms with Gasteiger partial charge in [-0.15, -0.1) is 0 Å². The Bertz CT molecular complexity index is 901. The zero-order chi connectivity index (χ0) is 16.2. The number of carbonyl (C=O) groups is 1. The van der Waals surface area contributed by atoms with Crippen molar-refractivity contribution in [2.24, 2.45) is 0 Å². The van der Waals surface area contributed by atoms with Crippen molar-refractivity contribution in [3.63, 3.8) is 0 Å². The van der Waals surface area contributed by atoms with Crippen LogP contribution in [0.25, 0.3) is 5.69 Å². The molecule has 3 rings (SSSR count). The van der Waals surface area contributed by atoms with E-state index in [0.717, 1.165) is 5.56 Å². The highest BCUT2D eigenvalue weighted by Crippen LogP contribution is 2.09. The molecule has 5 nitrogen and oxygen atoms in total. The van der Waals surface area contributed by atoms with E-state index in [9.17, 15) is 9.59 Å². The Kier molecular flexibility index (Phi) is 4.01. The maximum Gasteiger partial charge on any atom is 0.258 e. The van der Waals surface area contributed by atoms with E-state index in [0.29, 0.717) is 17.1 Å². The number of para-hydroxylation sites is 1. The molecule has 114 valence electrons. The summed E-state index contributed by atoms with van der Waals surface area (Å²) in [7, 11) is 0. The Morgan fingerprint density at radius 2 is 1.87 bits per heavy atom. The number of benzene rings is 1. The zero-order valence-electron chi connectivity index (χ0n) is 12.6. The molecular weight excluding hydrogens is 290 g/mol. The predicted molar refractivity (Wildman–Crippen MR) is 89.0 cm³/mol. The molecule has 0 unspecified atom stereocenters. The normalized spacial score (nSPS) is 10.3. The molecule has 0 aliphatic rings. The van der Waals surface area contributed by atoms with E-state index < -0.39 is 0 Å². The minimum Gasteiger partial charge on any atom is -0.307 e. The van der Waals surface area contributed by atoms with Gasteiger partial charge in [0.05, 0.1) is 5.56 Å². The molecule has 0 radical (unpaired) electrons. The summed E-state index contributed by atoms with van der Waals surface area (Å²) in [4.78, 5) is 28.5. The number of rotatable bonds is 3. The number of hydrogen-bond acceptors (Lipinski definition) is 3. The highest BCUT2D eigenvalue weighted by molar-refractivity contribution is 6.03. The molecule has 2 heterocycles. The second-order valence-corrected chi connectivity index (χ2v) is 5.13. The predicted octanol–water partition coefficient (Wildman–Crippen LogP) is 2.79. The number of pyridine rings is 2. The summed E-state index contributed by atoms with van der Waals surface area (Å²) in [6.07, 6.45) is 3.17. The van der Waals surface area contributed by atoms with Gasteiger partial charge in [-0.1, -0.05) is 18.2 Å². The highest BCUT2D eigenvalue weighted by Gasteiger charge is 2.09. The maximum absolute atomic E-state index is 12.4. The van der Waals surface area contributed by atoms with Crippen LogP contribution in [0.4, 0.5) is 5.82 Å². The third kappa shape index (κ3) is 3.35. The number of carbonyl (C=O) groups excluding carboxylic acids is 1. The second-order valence-electron chi connectivity index (χ2n) is 5.13. The van der Waals surface area contributed by atoms with Crippen molar-refractivity contribution < 1.29 is 4.79 Å². The van der Waals surface area contributed by atoms with Gasteiger partial charge in [-0.3, -0.25) is 14.2 Å². The third-order valence-electron chi connectivity index (χ3n) is 3.36. The Hall–Kier alpha value is -3.21. The van der Waals surface area contributed by atoms with Gasteiger partial charge < -0.3 is 5.32 Å². The fourth-order valence-electron chi connectivity index (χ4n) is 2.20. The minimum atomic E-state index is -0.312. The van der Waals surface area contributed by atoms with Crippen LogP contribution in [0, 0.1) is 6.92 Å². The molecule has 0 bridgehead atoms. The first kappa shape index (κ1) is 14.7. The summed E-state index contributed by atoms with van der Waals surface area (Å²) in [6.45, 7) is 1.92. The minimum absolute atomic E-state index is 0.193. The van der Waals surface area contributed by atoms with Crippen molar-refractivity contribution in [2.45, 2.75) is 6.92 Å². The van der Waals surface area contributed by atoms with Gasteiger partial charge in [0.2, 0.25) is 0 Å². The van der Waals surface area contributed by atoms with Crippen molar-refractivity contribution in [2.75, 3.05) is 5.32 Å². The smallest absolute Gasteiger partial charge is 0.258 e. The van der Waals surface area contributed by atoms with Crippen LogP contribution in [0.3, 0.4) is 0 Å². The number of nitrogens with zero attached hydrogens (tertiary/aromatic N) is 2. The van der Waals surface area contributed by atoms with Gasteiger partial charge in [-0.05, 0) is 42.8 Å². The molecule has 2 aromatic heterocycles. The summed E-state index contributed by atoms with van der Waals surface area (Å²) in [5.74, 6) is 0.167. The molecule has 0 aliphatic heterocycles. The molecule has 1 N–H and O–H groups in total. The summed E-state index contributed by atoms with van der Waals surface area (Å²) < 4.78 is 1.44. The summed E-state index contributed by atoms with van der Waals surface area (Å²) in [6, 6.07) is 15.7. The number of aromatic nitrogens is 2. The zero-order valence-corrected chi connectivity index (χ0v) is 12.6. The molecule has 0 fully saturated rings. The molecule has 0 atom stereocenters. The Labute approximate surface area is 133 Å². The van der Waals surface area contributed by atoms with Crippen molar-refractivity contribution in [1.29, 1.82) is 0 Å². The molecule has 5 heteroatoms. The van der Waals surface area contributed by atoms with Gasteiger partial charge in [0.15, 0.2) is 0 Å². The van der Waals surface area contributed by atoms with E-state index in [2.05, 4.69) is 10.3 Å². The number of anilines is 1. The van der Waals surface area contributed by atoms with Crippen LogP contribution in [-0.4, -0.2) is 15.5 Å². The van der Waals surface area contributed by atoms with E-state index in [1.165, 1.54) is 22.9 Å². The lowest BCUT2D eigenvalue weighted by atomic mass is 10.2. The molecule has 0 aliphatic carbocycles. The average molecular weight is 305 g/mol. The van der Waals surface area contributed by atoms with Gasteiger partial charge in [0.1, 0.15) is 5.82 Å². The van der Waals surface area contributed by atoms with Crippen molar-refractivity contribution in [3.8, 4) is 5.69 Å². The largest absolute Gasteiger partial charge is 0.307 e. The van der Waals surface area contributed by atoms with Crippen LogP contribution < -0.4 is 10.9 Å². The van der Waals surface area contributed by atoms with Crippen LogP contribution in [0.2, 0.25) is 0 Å². The van der Waals surface area contributed by atoms with Crippen LogP contribution in [0.1, 0.15) is 15.9 Å². The number of aryl methyl sites for hydroxylation is 1. The first-order chi connectivity index (χ1) is 11.1. The second kappa shape index (κ2) is 6.27. The first-order valence-electron chi connectivity index (χ1n) is 7.15. The average Bonchev–Trinajstić information content (AvgIpc) is 2.56. The van der Waals surface area contributed by atoms with E-state index in [4.69, 9.17) is 0 Å². The number of hydrogen-bond donors (Lipinski definition) is 1. The van der Waals surface area contributed by atoms with Crippen molar-refractivity contribution in [3.05, 3.63) is 88.5 Å². The lowest BCUT2D eigenvalue weighted by Gasteiger charge is -2.09. The van der Waals surface area contributed by atoms with Crippen molar-refractivity contribution >= 4 is 11.7 Å². The molecule has 1 amide bonds. The van der Waals surface area contributed by atoms with Crippen LogP contribution >= 0.6 is 0 Å². The molecule has 23 heavy (non-hydrogen) atoms. The molecule has 0 spiro atoms. The van der Waals surface area contributed by atoms with Gasteiger partial charge in [0.25, 0.3) is 11.5 Å². The SMILES string of the molecule is Cc1ccnc(NC(=O)c2ccc(=O)n(-c3ccccc3)c2)c1. The van der Waals surface area contributed by atoms with Crippen LogP contribution in [0.15, 0.2) is 71.8 Å². The van der Waals surface area contributed by atoms with E-state index in [-0.39, 0.29) is 11.5 Å². The molecule has 1 aromatic carbocycles. The van der Waals surface area contributed by atoms with Gasteiger partial charge >= 0.3 is 0 Å². The topological polar surface area (TPSA) is 64.0 Å². The lowest BCUT2D eigenvalue weighted by molar-refractivity contribution is 0.102. The van der Waals surface area contributed by atoms with E-state index in [1.54, 1.807) is 12.3 Å². The fourth-order valence-corrected chi connectivity index (χ4v) is 2.20. The quantitative estimate of drug-likeness (QED) is 0.809. The Balaban J connectivity index is 1.92. The summed E-state index contributed by atoms with van der Waals surface area (Å²) in [5.41, 5.74) is 1.91. The summed E-state index contributed by atoms with van der Waals surface area (Å²) >= 11 is 0. The van der Waals surface area contributed by atoms with Gasteiger partial charge in [-0.2, -0.15) is 0 Å². The molecule has 3 aromatic rings. The Morgan fingerprint density at radius 3 is 2.61 bits per heavy atom. The fraction of sp³-hybridized carbons (Fsp3) is 0.0556. The van der Waals surface area contributed by atoms with Gasteiger partial charge in [0, 0.05) is 24.1 Å². The third-order valence-corrected chi connectivity index (χ3v) is 3.36. The number of nitrogens with one attached hydrogen (secondary N) is 1. The van der Waals surface area contributed by atoms with E-state index in [1.807, 2.05) is 43.3 Å². The molecular formula is C18H15N3O2. The first-order valence-corrected chi connectivity index (χ1v) is 7.15. The summed E-state index contributed by atoms with van der Waals surface area (Å²) in [5, 5.41) is 2.73. The Morgan fingerprint density at radius 1 is 1.09 bits per heavy atom. The standard InChI is InChI=1S/C18H15N3O2/c1-13-9-10-19-16(11-13)20-18(23)14-7-8-17(22)21(12-14)15-5-3-2-4-6-15/h2-12H,1H3,(H,19,20,23). The maximum atomic E-state index is 12.4. The van der Waals surface area contributed by atoms with E-state index >= 15 is 0 Å². The monoisotopic (exact) mass is 305 g/mol. The molecule has 0 saturated carbocycles. The lowest BCUT2D eigenvalue weighted by Crippen LogP contribution is -2.21.